The highest BCUT2D eigenvalue weighted by atomic mass is 15.2. The van der Waals surface area contributed by atoms with Gasteiger partial charge in [0.1, 0.15) is 0 Å². The average molecular weight is 299 g/mol. The summed E-state index contributed by atoms with van der Waals surface area (Å²) < 4.78 is 0. The van der Waals surface area contributed by atoms with Crippen LogP contribution < -0.4 is 4.90 Å². The Morgan fingerprint density at radius 3 is 2.17 bits per heavy atom. The lowest BCUT2D eigenvalue weighted by Gasteiger charge is -2.39. The van der Waals surface area contributed by atoms with Crippen molar-refractivity contribution in [2.75, 3.05) is 11.4 Å². The van der Waals surface area contributed by atoms with Gasteiger partial charge in [0.05, 0.1) is 6.04 Å². The maximum atomic E-state index is 2.56. The smallest absolute Gasteiger partial charge is 0.0585 e. The van der Waals surface area contributed by atoms with Crippen LogP contribution in [0.25, 0.3) is 0 Å². The minimum Gasteiger partial charge on any atom is -0.364 e. The Kier molecular flexibility index (Phi) is 3.85. The first-order valence-corrected chi connectivity index (χ1v) is 8.35. The predicted octanol–water partition coefficient (Wildman–Crippen LogP) is 5.03. The molecule has 23 heavy (non-hydrogen) atoms. The topological polar surface area (TPSA) is 3.24 Å². The van der Waals surface area contributed by atoms with Crippen molar-refractivity contribution >= 4 is 5.69 Å². The molecule has 0 N–H and O–H groups in total. The summed E-state index contributed by atoms with van der Waals surface area (Å²) in [5.41, 5.74) is 5.70. The molecule has 0 aliphatic carbocycles. The Bertz CT molecular complexity index is 764. The van der Waals surface area contributed by atoms with Gasteiger partial charge in [-0.25, -0.2) is 0 Å². The minimum absolute atomic E-state index is 0.407. The van der Waals surface area contributed by atoms with Gasteiger partial charge in [0, 0.05) is 12.2 Å². The minimum atomic E-state index is 0.407. The number of para-hydroxylation sites is 1. The van der Waals surface area contributed by atoms with Gasteiger partial charge in [-0.05, 0) is 41.7 Å². The van der Waals surface area contributed by atoms with Crippen LogP contribution in [-0.4, -0.2) is 6.54 Å². The Morgan fingerprint density at radius 2 is 1.39 bits per heavy atom. The van der Waals surface area contributed by atoms with Crippen LogP contribution >= 0.6 is 0 Å². The molecule has 4 rings (SSSR count). The zero-order valence-corrected chi connectivity index (χ0v) is 13.2. The maximum Gasteiger partial charge on any atom is 0.0585 e. The molecule has 1 nitrogen and oxygen atoms in total. The van der Waals surface area contributed by atoms with E-state index in [1.807, 2.05) is 0 Å². The Balaban J connectivity index is 1.74. The molecule has 1 aliphatic heterocycles. The summed E-state index contributed by atoms with van der Waals surface area (Å²) in [7, 11) is 0. The molecule has 1 unspecified atom stereocenters. The van der Waals surface area contributed by atoms with Gasteiger partial charge < -0.3 is 4.90 Å². The highest BCUT2D eigenvalue weighted by Gasteiger charge is 2.27. The van der Waals surface area contributed by atoms with E-state index < -0.39 is 0 Å². The molecule has 1 atom stereocenters. The summed E-state index contributed by atoms with van der Waals surface area (Å²) in [6.45, 7) is 1.08. The number of fused-ring (bicyclic) bond motifs is 1. The predicted molar refractivity (Wildman–Crippen MR) is 96.8 cm³/mol. The van der Waals surface area contributed by atoms with E-state index in [0.717, 1.165) is 19.4 Å². The molecule has 0 saturated carbocycles. The van der Waals surface area contributed by atoms with Crippen molar-refractivity contribution in [3.05, 3.63) is 102 Å². The Morgan fingerprint density at radius 1 is 0.739 bits per heavy atom. The van der Waals surface area contributed by atoms with Crippen LogP contribution in [0.5, 0.6) is 0 Å². The first-order chi connectivity index (χ1) is 11.4. The van der Waals surface area contributed by atoms with Gasteiger partial charge in [-0.15, -0.1) is 0 Å². The zero-order valence-electron chi connectivity index (χ0n) is 13.2. The van der Waals surface area contributed by atoms with E-state index in [2.05, 4.69) is 89.8 Å². The van der Waals surface area contributed by atoms with E-state index in [1.165, 1.54) is 22.4 Å². The molecule has 1 heterocycles. The Hall–Kier alpha value is -2.54. The van der Waals surface area contributed by atoms with Crippen molar-refractivity contribution < 1.29 is 0 Å². The fourth-order valence-electron chi connectivity index (χ4n) is 3.64. The molecule has 0 spiro atoms. The molecular weight excluding hydrogens is 278 g/mol. The molecular formula is C22H21N. The zero-order chi connectivity index (χ0) is 15.5. The lowest BCUT2D eigenvalue weighted by atomic mass is 9.88. The second-order valence-corrected chi connectivity index (χ2v) is 6.18. The van der Waals surface area contributed by atoms with Gasteiger partial charge in [-0.3, -0.25) is 0 Å². The van der Waals surface area contributed by atoms with Crippen molar-refractivity contribution in [1.29, 1.82) is 0 Å². The van der Waals surface area contributed by atoms with E-state index in [9.17, 15) is 0 Å². The van der Waals surface area contributed by atoms with Gasteiger partial charge in [-0.2, -0.15) is 0 Å². The molecule has 0 bridgehead atoms. The normalized spacial score (nSPS) is 16.9. The molecule has 3 aromatic carbocycles. The highest BCUT2D eigenvalue weighted by Crippen LogP contribution is 2.35. The van der Waals surface area contributed by atoms with Gasteiger partial charge >= 0.3 is 0 Å². The fourth-order valence-corrected chi connectivity index (χ4v) is 3.64. The molecule has 1 aliphatic rings. The van der Waals surface area contributed by atoms with E-state index in [0.29, 0.717) is 6.04 Å². The van der Waals surface area contributed by atoms with Crippen LogP contribution in [0.2, 0.25) is 0 Å². The molecule has 0 radical (unpaired) electrons. The molecule has 0 amide bonds. The van der Waals surface area contributed by atoms with Crippen molar-refractivity contribution in [1.82, 2.24) is 0 Å². The van der Waals surface area contributed by atoms with Crippen molar-refractivity contribution in [2.24, 2.45) is 0 Å². The third-order valence-corrected chi connectivity index (χ3v) is 4.77. The van der Waals surface area contributed by atoms with E-state index in [4.69, 9.17) is 0 Å². The second kappa shape index (κ2) is 6.29. The first-order valence-electron chi connectivity index (χ1n) is 8.35. The average Bonchev–Trinajstić information content (AvgIpc) is 2.64. The third-order valence-electron chi connectivity index (χ3n) is 4.77. The number of hydrogen-bond acceptors (Lipinski definition) is 1. The second-order valence-electron chi connectivity index (χ2n) is 6.18. The summed E-state index contributed by atoms with van der Waals surface area (Å²) in [5.74, 6) is 0. The quantitative estimate of drug-likeness (QED) is 0.655. The van der Waals surface area contributed by atoms with E-state index in [-0.39, 0.29) is 0 Å². The number of benzene rings is 3. The number of rotatable bonds is 3. The third kappa shape index (κ3) is 2.87. The summed E-state index contributed by atoms with van der Waals surface area (Å²) in [5, 5.41) is 0. The van der Waals surface area contributed by atoms with Crippen molar-refractivity contribution in [3.8, 4) is 0 Å². The van der Waals surface area contributed by atoms with Crippen LogP contribution in [0.4, 0.5) is 5.69 Å². The van der Waals surface area contributed by atoms with Crippen LogP contribution in [-0.2, 0) is 12.8 Å². The molecule has 1 heteroatoms. The van der Waals surface area contributed by atoms with Crippen LogP contribution in [0, 0.1) is 0 Å². The monoisotopic (exact) mass is 299 g/mol. The van der Waals surface area contributed by atoms with Crippen molar-refractivity contribution in [2.45, 2.75) is 18.9 Å². The summed E-state index contributed by atoms with van der Waals surface area (Å²) in [6.07, 6.45) is 2.17. The van der Waals surface area contributed by atoms with E-state index >= 15 is 0 Å². The highest BCUT2D eigenvalue weighted by molar-refractivity contribution is 5.52. The number of hydrogen-bond donors (Lipinski definition) is 0. The van der Waals surface area contributed by atoms with Gasteiger partial charge in [0.25, 0.3) is 0 Å². The standard InChI is InChI=1S/C22H21N/c1-3-9-18(10-4-1)17-22-21-14-8-7-11-19(21)15-16-23(22)20-12-5-2-6-13-20/h1-14,22H,15-17H2. The van der Waals surface area contributed by atoms with E-state index in [1.54, 1.807) is 0 Å². The SMILES string of the molecule is c1ccc(CC2c3ccccc3CCN2c2ccccc2)cc1. The summed E-state index contributed by atoms with van der Waals surface area (Å²) in [4.78, 5) is 2.56. The van der Waals surface area contributed by atoms with Gasteiger partial charge in [0.15, 0.2) is 0 Å². The fraction of sp³-hybridized carbons (Fsp3) is 0.182. The maximum absolute atomic E-state index is 2.56. The van der Waals surface area contributed by atoms with Crippen LogP contribution in [0.15, 0.2) is 84.9 Å². The number of nitrogens with zero attached hydrogens (tertiary/aromatic N) is 1. The lowest BCUT2D eigenvalue weighted by Crippen LogP contribution is -2.36. The first kappa shape index (κ1) is 14.1. The number of anilines is 1. The molecule has 0 aromatic heterocycles. The molecule has 0 fully saturated rings. The largest absolute Gasteiger partial charge is 0.364 e. The van der Waals surface area contributed by atoms with Gasteiger partial charge in [0.2, 0.25) is 0 Å². The molecule has 114 valence electrons. The van der Waals surface area contributed by atoms with Crippen LogP contribution in [0.3, 0.4) is 0 Å². The van der Waals surface area contributed by atoms with Gasteiger partial charge in [-0.1, -0.05) is 72.8 Å². The van der Waals surface area contributed by atoms with Crippen LogP contribution in [0.1, 0.15) is 22.7 Å². The summed E-state index contributed by atoms with van der Waals surface area (Å²) in [6, 6.07) is 31.0. The Labute approximate surface area is 138 Å². The summed E-state index contributed by atoms with van der Waals surface area (Å²) >= 11 is 0. The molecule has 0 saturated heterocycles. The lowest BCUT2D eigenvalue weighted by molar-refractivity contribution is 0.579. The molecule has 3 aromatic rings. The van der Waals surface area contributed by atoms with Crippen molar-refractivity contribution in [3.63, 3.8) is 0 Å².